The summed E-state index contributed by atoms with van der Waals surface area (Å²) in [4.78, 5) is 25.9. The highest BCUT2D eigenvalue weighted by molar-refractivity contribution is 5.78. The Morgan fingerprint density at radius 3 is 2.22 bits per heavy atom. The zero-order valence-corrected chi connectivity index (χ0v) is 9.50. The Kier molecular flexibility index (Phi) is 4.94. The largest absolute Gasteiger partial charge is 0.479 e. The van der Waals surface area contributed by atoms with Crippen LogP contribution in [0.2, 0.25) is 0 Å². The van der Waals surface area contributed by atoms with Crippen LogP contribution in [0.25, 0.3) is 0 Å². The molecule has 0 spiro atoms. The number of carbonyl (C=O) groups excluding carboxylic acids is 1. The van der Waals surface area contributed by atoms with Crippen LogP contribution in [0.5, 0.6) is 0 Å². The van der Waals surface area contributed by atoms with Gasteiger partial charge < -0.3 is 5.11 Å². The fourth-order valence-electron chi connectivity index (χ4n) is 1.94. The molecule has 1 rings (SSSR count). The lowest BCUT2D eigenvalue weighted by Gasteiger charge is -2.28. The van der Waals surface area contributed by atoms with Crippen LogP contribution in [0, 0.1) is 11.8 Å². The number of alkyl halides is 3. The third-order valence-corrected chi connectivity index (χ3v) is 2.93. The summed E-state index contributed by atoms with van der Waals surface area (Å²) in [5.74, 6) is -3.69. The SMILES string of the molecule is O=C(O)CONC(=O)C1CCC(C(F)(F)F)CC1. The molecule has 0 bridgehead atoms. The molecule has 104 valence electrons. The van der Waals surface area contributed by atoms with Gasteiger partial charge in [-0.1, -0.05) is 0 Å². The third kappa shape index (κ3) is 4.52. The van der Waals surface area contributed by atoms with E-state index in [2.05, 4.69) is 4.84 Å². The van der Waals surface area contributed by atoms with E-state index in [9.17, 15) is 22.8 Å². The smallest absolute Gasteiger partial charge is 0.391 e. The van der Waals surface area contributed by atoms with Gasteiger partial charge in [0.15, 0.2) is 6.61 Å². The number of carboxylic acids is 1. The Morgan fingerprint density at radius 1 is 1.22 bits per heavy atom. The van der Waals surface area contributed by atoms with E-state index in [1.165, 1.54) is 0 Å². The number of nitrogens with one attached hydrogen (secondary N) is 1. The molecule has 0 unspecified atom stereocenters. The Morgan fingerprint density at radius 2 is 1.78 bits per heavy atom. The van der Waals surface area contributed by atoms with E-state index < -0.39 is 36.5 Å². The van der Waals surface area contributed by atoms with Crippen molar-refractivity contribution >= 4 is 11.9 Å². The van der Waals surface area contributed by atoms with Crippen molar-refractivity contribution in [3.8, 4) is 0 Å². The number of hydrogen-bond acceptors (Lipinski definition) is 3. The highest BCUT2D eigenvalue weighted by atomic mass is 19.4. The molecule has 0 aromatic carbocycles. The van der Waals surface area contributed by atoms with Crippen LogP contribution < -0.4 is 5.48 Å². The lowest BCUT2D eigenvalue weighted by molar-refractivity contribution is -0.185. The topological polar surface area (TPSA) is 75.6 Å². The molecule has 0 aromatic heterocycles. The van der Waals surface area contributed by atoms with Gasteiger partial charge in [0.25, 0.3) is 0 Å². The summed E-state index contributed by atoms with van der Waals surface area (Å²) in [7, 11) is 0. The second-order valence-electron chi connectivity index (χ2n) is 4.24. The van der Waals surface area contributed by atoms with E-state index >= 15 is 0 Å². The van der Waals surface area contributed by atoms with Gasteiger partial charge in [-0.05, 0) is 25.7 Å². The van der Waals surface area contributed by atoms with E-state index in [-0.39, 0.29) is 25.7 Å². The quantitative estimate of drug-likeness (QED) is 0.758. The van der Waals surface area contributed by atoms with E-state index in [0.717, 1.165) is 0 Å². The average molecular weight is 269 g/mol. The van der Waals surface area contributed by atoms with Crippen LogP contribution in [0.1, 0.15) is 25.7 Å². The molecule has 1 fully saturated rings. The molecule has 1 amide bonds. The van der Waals surface area contributed by atoms with Crippen molar-refractivity contribution in [3.63, 3.8) is 0 Å². The van der Waals surface area contributed by atoms with Crippen LogP contribution in [-0.2, 0) is 14.4 Å². The summed E-state index contributed by atoms with van der Waals surface area (Å²) in [5.41, 5.74) is 1.94. The molecule has 0 heterocycles. The molecule has 8 heteroatoms. The highest BCUT2D eigenvalue weighted by Crippen LogP contribution is 2.39. The molecule has 1 aliphatic carbocycles. The predicted octanol–water partition coefficient (Wildman–Crippen LogP) is 1.49. The number of carboxylic acid groups (broad SMARTS) is 1. The average Bonchev–Trinajstić information content (AvgIpc) is 2.27. The first-order chi connectivity index (χ1) is 8.30. The molecular formula is C10H14F3NO4. The zero-order valence-electron chi connectivity index (χ0n) is 9.50. The van der Waals surface area contributed by atoms with Crippen molar-refractivity contribution in [1.29, 1.82) is 0 Å². The lowest BCUT2D eigenvalue weighted by atomic mass is 9.81. The van der Waals surface area contributed by atoms with Crippen molar-refractivity contribution in [2.24, 2.45) is 11.8 Å². The number of rotatable bonds is 4. The van der Waals surface area contributed by atoms with Gasteiger partial charge in [-0.25, -0.2) is 10.3 Å². The molecule has 0 radical (unpaired) electrons. The Hall–Kier alpha value is -1.31. The molecule has 18 heavy (non-hydrogen) atoms. The molecule has 0 atom stereocenters. The normalized spacial score (nSPS) is 24.6. The van der Waals surface area contributed by atoms with Gasteiger partial charge in [0.2, 0.25) is 5.91 Å². The predicted molar refractivity (Wildman–Crippen MR) is 53.2 cm³/mol. The van der Waals surface area contributed by atoms with Crippen molar-refractivity contribution in [2.45, 2.75) is 31.9 Å². The van der Waals surface area contributed by atoms with Gasteiger partial charge in [-0.15, -0.1) is 0 Å². The first-order valence-electron chi connectivity index (χ1n) is 5.51. The first-order valence-corrected chi connectivity index (χ1v) is 5.51. The maximum atomic E-state index is 12.4. The number of amides is 1. The van der Waals surface area contributed by atoms with Crippen LogP contribution in [0.4, 0.5) is 13.2 Å². The molecular weight excluding hydrogens is 255 g/mol. The minimum Gasteiger partial charge on any atom is -0.479 e. The Bertz CT molecular complexity index is 311. The Labute approximate surface area is 101 Å². The number of aliphatic carboxylic acids is 1. The summed E-state index contributed by atoms with van der Waals surface area (Å²) >= 11 is 0. The Balaban J connectivity index is 2.30. The van der Waals surface area contributed by atoms with E-state index in [1.54, 1.807) is 0 Å². The van der Waals surface area contributed by atoms with Gasteiger partial charge in [0.05, 0.1) is 5.92 Å². The van der Waals surface area contributed by atoms with Gasteiger partial charge in [-0.3, -0.25) is 9.63 Å². The summed E-state index contributed by atoms with van der Waals surface area (Å²) < 4.78 is 37.1. The monoisotopic (exact) mass is 269 g/mol. The van der Waals surface area contributed by atoms with Crippen molar-refractivity contribution < 1.29 is 32.7 Å². The van der Waals surface area contributed by atoms with Gasteiger partial charge in [0, 0.05) is 5.92 Å². The van der Waals surface area contributed by atoms with Gasteiger partial charge >= 0.3 is 12.1 Å². The maximum absolute atomic E-state index is 12.4. The number of carbonyl (C=O) groups is 2. The standard InChI is InChI=1S/C10H14F3NO4/c11-10(12,13)7-3-1-6(2-4-7)9(17)14-18-5-8(15)16/h6-7H,1-5H2,(H,14,17)(H,15,16). The summed E-state index contributed by atoms with van der Waals surface area (Å²) in [6.45, 7) is -0.677. The van der Waals surface area contributed by atoms with Gasteiger partial charge in [0.1, 0.15) is 0 Å². The van der Waals surface area contributed by atoms with Gasteiger partial charge in [-0.2, -0.15) is 13.2 Å². The van der Waals surface area contributed by atoms with E-state index in [4.69, 9.17) is 5.11 Å². The van der Waals surface area contributed by atoms with Crippen LogP contribution in [0.15, 0.2) is 0 Å². The number of hydroxylamine groups is 1. The minimum atomic E-state index is -4.21. The maximum Gasteiger partial charge on any atom is 0.391 e. The second-order valence-corrected chi connectivity index (χ2v) is 4.24. The molecule has 2 N–H and O–H groups in total. The molecule has 0 aliphatic heterocycles. The molecule has 0 saturated heterocycles. The van der Waals surface area contributed by atoms with Crippen LogP contribution >= 0.6 is 0 Å². The second kappa shape index (κ2) is 6.03. The molecule has 0 aromatic rings. The zero-order chi connectivity index (χ0) is 13.8. The number of halogens is 3. The molecule has 1 saturated carbocycles. The fraction of sp³-hybridized carbons (Fsp3) is 0.800. The van der Waals surface area contributed by atoms with Crippen LogP contribution in [0.3, 0.4) is 0 Å². The first kappa shape index (κ1) is 14.7. The third-order valence-electron chi connectivity index (χ3n) is 2.93. The summed E-state index contributed by atoms with van der Waals surface area (Å²) in [6, 6.07) is 0. The van der Waals surface area contributed by atoms with Crippen molar-refractivity contribution in [2.75, 3.05) is 6.61 Å². The summed E-state index contributed by atoms with van der Waals surface area (Å²) in [6.07, 6.45) is -4.11. The van der Waals surface area contributed by atoms with Crippen molar-refractivity contribution in [3.05, 3.63) is 0 Å². The molecule has 1 aliphatic rings. The lowest BCUT2D eigenvalue weighted by Crippen LogP contribution is -2.36. The minimum absolute atomic E-state index is 0.0828. The summed E-state index contributed by atoms with van der Waals surface area (Å²) in [5, 5.41) is 8.26. The number of hydrogen-bond donors (Lipinski definition) is 2. The highest BCUT2D eigenvalue weighted by Gasteiger charge is 2.42. The van der Waals surface area contributed by atoms with E-state index in [1.807, 2.05) is 5.48 Å². The van der Waals surface area contributed by atoms with Crippen LogP contribution in [-0.4, -0.2) is 29.8 Å². The van der Waals surface area contributed by atoms with Crippen molar-refractivity contribution in [1.82, 2.24) is 5.48 Å². The molecule has 5 nitrogen and oxygen atoms in total. The van der Waals surface area contributed by atoms with E-state index in [0.29, 0.717) is 0 Å². The fourth-order valence-corrected chi connectivity index (χ4v) is 1.94.